The molecule has 1 heterocycles. The number of rotatable bonds is 4. The number of carbonyl (C=O) groups is 1. The average molecular weight is 382 g/mol. The van der Waals surface area contributed by atoms with E-state index in [-0.39, 0.29) is 0 Å². The van der Waals surface area contributed by atoms with Crippen LogP contribution < -0.4 is 15.2 Å². The van der Waals surface area contributed by atoms with Gasteiger partial charge in [-0.25, -0.2) is 0 Å². The Hall–Kier alpha value is -2.53. The number of carboxylic acid groups (broad SMARTS) is 1. The molecular weight excluding hydrogens is 354 g/mol. The lowest BCUT2D eigenvalue weighted by atomic mass is 9.88. The predicted molar refractivity (Wildman–Crippen MR) is 108 cm³/mol. The van der Waals surface area contributed by atoms with Crippen LogP contribution in [0.2, 0.25) is 0 Å². The van der Waals surface area contributed by atoms with E-state index >= 15 is 0 Å². The van der Waals surface area contributed by atoms with E-state index in [1.165, 1.54) is 5.56 Å². The quantitative estimate of drug-likeness (QED) is 0.838. The molecule has 1 atom stereocenters. The minimum absolute atomic E-state index is 0.402. The van der Waals surface area contributed by atoms with Gasteiger partial charge in [0.1, 0.15) is 23.5 Å². The first-order chi connectivity index (χ1) is 13.0. The Kier molecular flexibility index (Phi) is 5.15. The molecule has 3 rings (SSSR count). The van der Waals surface area contributed by atoms with Crippen molar-refractivity contribution in [2.75, 3.05) is 5.32 Å². The molecule has 28 heavy (non-hydrogen) atoms. The lowest BCUT2D eigenvalue weighted by molar-refractivity contribution is -0.242. The fraction of sp³-hybridized carbons (Fsp3) is 0.435. The number of aliphatic hydroxyl groups excluding tert-OH is 1. The second-order valence-electron chi connectivity index (χ2n) is 8.52. The molecule has 2 aromatic rings. The minimum Gasteiger partial charge on any atom is -0.530 e. The van der Waals surface area contributed by atoms with Crippen LogP contribution in [-0.2, 0) is 6.42 Å². The summed E-state index contributed by atoms with van der Waals surface area (Å²) in [5.74, 6) is 1.06. The summed E-state index contributed by atoms with van der Waals surface area (Å²) in [6.07, 6.45) is -1.65. The van der Waals surface area contributed by atoms with Crippen LogP contribution in [0.3, 0.4) is 0 Å². The Bertz CT molecular complexity index is 913. The van der Waals surface area contributed by atoms with Gasteiger partial charge in [-0.15, -0.1) is 0 Å². The Morgan fingerprint density at radius 3 is 2.25 bits per heavy atom. The van der Waals surface area contributed by atoms with Gasteiger partial charge in [0.2, 0.25) is 0 Å². The SMILES string of the molecule is Cc1c2c(c(C(O)c3ccc(C(C)C)cc3)c(C)c1NC(=O)[O-])OC(C)(C)C2. The third-order valence-electron chi connectivity index (χ3n) is 5.53. The summed E-state index contributed by atoms with van der Waals surface area (Å²) in [6, 6.07) is 7.85. The summed E-state index contributed by atoms with van der Waals surface area (Å²) in [4.78, 5) is 11.2. The molecule has 1 aliphatic heterocycles. The zero-order valence-corrected chi connectivity index (χ0v) is 17.3. The van der Waals surface area contributed by atoms with E-state index in [1.807, 2.05) is 45.0 Å². The maximum Gasteiger partial charge on any atom is 0.138 e. The van der Waals surface area contributed by atoms with E-state index in [0.717, 1.165) is 16.7 Å². The fourth-order valence-corrected chi connectivity index (χ4v) is 3.99. The Morgan fingerprint density at radius 1 is 1.14 bits per heavy atom. The van der Waals surface area contributed by atoms with Crippen molar-refractivity contribution in [2.45, 2.75) is 65.6 Å². The lowest BCUT2D eigenvalue weighted by Gasteiger charge is -2.24. The van der Waals surface area contributed by atoms with E-state index in [1.54, 1.807) is 6.92 Å². The first-order valence-electron chi connectivity index (χ1n) is 9.62. The molecule has 2 aromatic carbocycles. The van der Waals surface area contributed by atoms with Crippen LogP contribution >= 0.6 is 0 Å². The molecule has 1 aliphatic rings. The van der Waals surface area contributed by atoms with Crippen LogP contribution in [0.25, 0.3) is 0 Å². The van der Waals surface area contributed by atoms with E-state index in [4.69, 9.17) is 4.74 Å². The Labute approximate surface area is 166 Å². The number of benzene rings is 2. The largest absolute Gasteiger partial charge is 0.530 e. The van der Waals surface area contributed by atoms with Gasteiger partial charge in [0.15, 0.2) is 0 Å². The highest BCUT2D eigenvalue weighted by atomic mass is 16.5. The molecule has 5 heteroatoms. The smallest absolute Gasteiger partial charge is 0.138 e. The molecule has 5 nitrogen and oxygen atoms in total. The van der Waals surface area contributed by atoms with Gasteiger partial charge in [-0.2, -0.15) is 0 Å². The van der Waals surface area contributed by atoms with Crippen molar-refractivity contribution in [3.8, 4) is 5.75 Å². The summed E-state index contributed by atoms with van der Waals surface area (Å²) < 4.78 is 6.20. The summed E-state index contributed by atoms with van der Waals surface area (Å²) in [6.45, 7) is 11.9. The molecule has 0 bridgehead atoms. The second-order valence-corrected chi connectivity index (χ2v) is 8.52. The number of fused-ring (bicyclic) bond motifs is 1. The summed E-state index contributed by atoms with van der Waals surface area (Å²) in [5, 5.41) is 24.9. The normalized spacial score (nSPS) is 15.9. The molecule has 2 N–H and O–H groups in total. The van der Waals surface area contributed by atoms with Crippen LogP contribution in [0.5, 0.6) is 5.75 Å². The first-order valence-corrected chi connectivity index (χ1v) is 9.62. The maximum atomic E-state index is 11.2. The molecule has 0 radical (unpaired) electrons. The number of aliphatic hydroxyl groups is 1. The van der Waals surface area contributed by atoms with Gasteiger partial charge in [0.05, 0.1) is 0 Å². The van der Waals surface area contributed by atoms with Gasteiger partial charge in [-0.3, -0.25) is 0 Å². The second kappa shape index (κ2) is 7.13. The van der Waals surface area contributed by atoms with Gasteiger partial charge in [-0.1, -0.05) is 38.1 Å². The maximum absolute atomic E-state index is 11.2. The number of carbonyl (C=O) groups excluding carboxylic acids is 1. The topological polar surface area (TPSA) is 81.6 Å². The van der Waals surface area contributed by atoms with Crippen molar-refractivity contribution in [3.63, 3.8) is 0 Å². The fourth-order valence-electron chi connectivity index (χ4n) is 3.99. The highest BCUT2D eigenvalue weighted by Crippen LogP contribution is 2.48. The average Bonchev–Trinajstić information content (AvgIpc) is 2.93. The van der Waals surface area contributed by atoms with Crippen molar-refractivity contribution >= 4 is 11.8 Å². The lowest BCUT2D eigenvalue weighted by Crippen LogP contribution is -2.30. The molecule has 0 saturated heterocycles. The number of nitrogens with one attached hydrogen (secondary N) is 1. The van der Waals surface area contributed by atoms with E-state index in [9.17, 15) is 15.0 Å². The van der Waals surface area contributed by atoms with Gasteiger partial charge in [0.25, 0.3) is 0 Å². The van der Waals surface area contributed by atoms with E-state index < -0.39 is 17.8 Å². The zero-order valence-electron chi connectivity index (χ0n) is 17.3. The van der Waals surface area contributed by atoms with Crippen LogP contribution in [0.4, 0.5) is 10.5 Å². The van der Waals surface area contributed by atoms with Gasteiger partial charge < -0.3 is 25.1 Å². The molecule has 0 aromatic heterocycles. The van der Waals surface area contributed by atoms with Gasteiger partial charge in [0, 0.05) is 23.2 Å². The van der Waals surface area contributed by atoms with Crippen molar-refractivity contribution < 1.29 is 19.7 Å². The number of hydrogen-bond acceptors (Lipinski definition) is 4. The Balaban J connectivity index is 2.16. The summed E-state index contributed by atoms with van der Waals surface area (Å²) in [7, 11) is 0. The van der Waals surface area contributed by atoms with Crippen molar-refractivity contribution in [2.24, 2.45) is 0 Å². The van der Waals surface area contributed by atoms with Crippen molar-refractivity contribution in [3.05, 3.63) is 57.6 Å². The van der Waals surface area contributed by atoms with E-state index in [0.29, 0.717) is 34.9 Å². The Morgan fingerprint density at radius 2 is 1.71 bits per heavy atom. The molecule has 0 aliphatic carbocycles. The summed E-state index contributed by atoms with van der Waals surface area (Å²) in [5.41, 5.74) is 4.97. The van der Waals surface area contributed by atoms with Crippen LogP contribution in [0.15, 0.2) is 24.3 Å². The molecule has 0 spiro atoms. The molecule has 1 amide bonds. The van der Waals surface area contributed by atoms with Crippen molar-refractivity contribution in [1.82, 2.24) is 0 Å². The van der Waals surface area contributed by atoms with E-state index in [2.05, 4.69) is 19.2 Å². The number of amides is 1. The number of anilines is 1. The predicted octanol–water partition coefficient (Wildman–Crippen LogP) is 3.98. The molecule has 150 valence electrons. The highest BCUT2D eigenvalue weighted by molar-refractivity contribution is 5.86. The molecular formula is C23H28NO4-. The van der Waals surface area contributed by atoms with Crippen LogP contribution in [-0.4, -0.2) is 16.8 Å². The first kappa shape index (κ1) is 20.2. The van der Waals surface area contributed by atoms with Crippen LogP contribution in [0.1, 0.15) is 73.1 Å². The third kappa shape index (κ3) is 3.59. The van der Waals surface area contributed by atoms with Gasteiger partial charge >= 0.3 is 0 Å². The van der Waals surface area contributed by atoms with Crippen LogP contribution in [0, 0.1) is 13.8 Å². The molecule has 0 saturated carbocycles. The molecule has 1 unspecified atom stereocenters. The number of hydrogen-bond donors (Lipinski definition) is 2. The zero-order chi connectivity index (χ0) is 20.8. The monoisotopic (exact) mass is 382 g/mol. The third-order valence-corrected chi connectivity index (χ3v) is 5.53. The minimum atomic E-state index is -1.37. The van der Waals surface area contributed by atoms with Crippen molar-refractivity contribution in [1.29, 1.82) is 0 Å². The highest BCUT2D eigenvalue weighted by Gasteiger charge is 2.37. The summed E-state index contributed by atoms with van der Waals surface area (Å²) >= 11 is 0. The van der Waals surface area contributed by atoms with Gasteiger partial charge in [-0.05, 0) is 55.9 Å². The number of ether oxygens (including phenoxy) is 1. The standard InChI is InChI=1S/C23H29NO4/c1-12(2)15-7-9-16(10-8-15)20(25)18-14(4)19(24-22(26)27)13(3)17-11-23(5,6)28-21(17)18/h7-10,12,20,24-25H,11H2,1-6H3,(H,26,27)/p-1. The molecule has 0 fully saturated rings.